The summed E-state index contributed by atoms with van der Waals surface area (Å²) in [6, 6.07) is 22.1. The molecule has 1 N–H and O–H groups in total. The Labute approximate surface area is 218 Å². The van der Waals surface area contributed by atoms with Gasteiger partial charge in [-0.1, -0.05) is 42.1 Å². The minimum atomic E-state index is -0.534. The summed E-state index contributed by atoms with van der Waals surface area (Å²) in [4.78, 5) is 21.4. The Morgan fingerprint density at radius 2 is 1.39 bits per heavy atom. The van der Waals surface area contributed by atoms with E-state index in [1.807, 2.05) is 0 Å². The van der Waals surface area contributed by atoms with E-state index in [4.69, 9.17) is 4.99 Å². The average Bonchev–Trinajstić information content (AvgIpc) is 2.87. The van der Waals surface area contributed by atoms with E-state index in [0.29, 0.717) is 5.17 Å². The molecule has 5 rings (SSSR count). The van der Waals surface area contributed by atoms with Crippen molar-refractivity contribution in [2.75, 3.05) is 38.0 Å². The first-order valence-corrected chi connectivity index (χ1v) is 13.4. The second-order valence-electron chi connectivity index (χ2n) is 10.1. The van der Waals surface area contributed by atoms with Gasteiger partial charge in [0.25, 0.3) is 0 Å². The van der Waals surface area contributed by atoms with Gasteiger partial charge in [-0.05, 0) is 78.3 Å². The topological polar surface area (TPSA) is 47.9 Å². The van der Waals surface area contributed by atoms with Gasteiger partial charge in [-0.25, -0.2) is 4.99 Å². The van der Waals surface area contributed by atoms with Crippen LogP contribution in [0.5, 0.6) is 0 Å². The molecule has 6 heteroatoms. The van der Waals surface area contributed by atoms with Crippen molar-refractivity contribution in [3.05, 3.63) is 88.5 Å². The quantitative estimate of drug-likeness (QED) is 0.490. The van der Waals surface area contributed by atoms with Crippen molar-refractivity contribution in [1.29, 1.82) is 0 Å². The van der Waals surface area contributed by atoms with Crippen LogP contribution in [0, 0.1) is 0 Å². The average molecular weight is 499 g/mol. The second kappa shape index (κ2) is 9.66. The molecular formula is C30H34N4OS. The van der Waals surface area contributed by atoms with E-state index >= 15 is 0 Å². The van der Waals surface area contributed by atoms with Gasteiger partial charge in [0.05, 0.1) is 5.69 Å². The lowest BCUT2D eigenvalue weighted by atomic mass is 9.76. The molecule has 5 nitrogen and oxygen atoms in total. The summed E-state index contributed by atoms with van der Waals surface area (Å²) in [7, 11) is 8.25. The SMILES string of the molecule is CC(=O)NC1=Nc2ccc3c(c2C(c2ccc(N(C)C)cc2)(c2ccc(N(C)C)cc2)S1)CCCC3. The summed E-state index contributed by atoms with van der Waals surface area (Å²) >= 11 is 1.65. The van der Waals surface area contributed by atoms with Crippen molar-refractivity contribution in [3.8, 4) is 0 Å². The van der Waals surface area contributed by atoms with Crippen LogP contribution in [0.25, 0.3) is 0 Å². The zero-order valence-electron chi connectivity index (χ0n) is 21.8. The largest absolute Gasteiger partial charge is 0.378 e. The number of fused-ring (bicyclic) bond motifs is 3. The van der Waals surface area contributed by atoms with Crippen LogP contribution in [0.2, 0.25) is 0 Å². The number of aryl methyl sites for hydroxylation is 1. The maximum atomic E-state index is 12.2. The molecule has 1 aliphatic carbocycles. The highest BCUT2D eigenvalue weighted by atomic mass is 32.2. The molecule has 3 aromatic rings. The standard InChI is InChI=1S/C30H34N4OS/c1-20(35)31-29-32-27-19-10-21-8-6-7-9-26(21)28(27)30(36-29,22-11-15-24(16-12-22)33(2)3)23-13-17-25(18-14-23)34(4)5/h10-19H,6-9H2,1-5H3,(H,31,32,35). The number of thioether (sulfide) groups is 1. The van der Waals surface area contributed by atoms with E-state index in [1.54, 1.807) is 18.7 Å². The number of carbonyl (C=O) groups is 1. The van der Waals surface area contributed by atoms with Crippen molar-refractivity contribution >= 4 is 39.9 Å². The molecular weight excluding hydrogens is 464 g/mol. The van der Waals surface area contributed by atoms with E-state index in [0.717, 1.165) is 29.9 Å². The van der Waals surface area contributed by atoms with Gasteiger partial charge < -0.3 is 15.1 Å². The monoisotopic (exact) mass is 498 g/mol. The molecule has 186 valence electrons. The Morgan fingerprint density at radius 3 is 1.92 bits per heavy atom. The molecule has 36 heavy (non-hydrogen) atoms. The summed E-state index contributed by atoms with van der Waals surface area (Å²) in [6.07, 6.45) is 4.56. The van der Waals surface area contributed by atoms with Gasteiger partial charge in [0.15, 0.2) is 5.17 Å². The number of rotatable bonds is 4. The third-order valence-corrected chi connectivity index (χ3v) is 8.57. The van der Waals surface area contributed by atoms with Crippen LogP contribution in [0.15, 0.2) is 65.7 Å². The predicted octanol–water partition coefficient (Wildman–Crippen LogP) is 5.86. The van der Waals surface area contributed by atoms with Crippen LogP contribution in [-0.4, -0.2) is 39.3 Å². The van der Waals surface area contributed by atoms with E-state index in [9.17, 15) is 4.79 Å². The molecule has 1 heterocycles. The Balaban J connectivity index is 1.82. The van der Waals surface area contributed by atoms with E-state index in [2.05, 4.69) is 104 Å². The lowest BCUT2D eigenvalue weighted by Crippen LogP contribution is -2.37. The number of nitrogens with zero attached hydrogens (tertiary/aromatic N) is 3. The number of anilines is 2. The fraction of sp³-hybridized carbons (Fsp3) is 0.333. The Morgan fingerprint density at radius 1 is 0.833 bits per heavy atom. The molecule has 1 aliphatic heterocycles. The fourth-order valence-electron chi connectivity index (χ4n) is 5.40. The van der Waals surface area contributed by atoms with Crippen molar-refractivity contribution < 1.29 is 4.79 Å². The van der Waals surface area contributed by atoms with Crippen LogP contribution >= 0.6 is 11.8 Å². The van der Waals surface area contributed by atoms with Gasteiger partial charge in [0, 0.05) is 52.1 Å². The summed E-state index contributed by atoms with van der Waals surface area (Å²) < 4.78 is -0.534. The van der Waals surface area contributed by atoms with Gasteiger partial charge in [0.2, 0.25) is 5.91 Å². The minimum absolute atomic E-state index is 0.109. The van der Waals surface area contributed by atoms with E-state index < -0.39 is 4.75 Å². The van der Waals surface area contributed by atoms with Gasteiger partial charge in [0.1, 0.15) is 4.75 Å². The molecule has 1 amide bonds. The normalized spacial score (nSPS) is 15.9. The first kappa shape index (κ1) is 24.4. The number of nitrogens with one attached hydrogen (secondary N) is 1. The van der Waals surface area contributed by atoms with Crippen LogP contribution in [-0.2, 0) is 22.4 Å². The fourth-order valence-corrected chi connectivity index (χ4v) is 6.86. The molecule has 2 aliphatic rings. The molecule has 0 fully saturated rings. The number of hydrogen-bond donors (Lipinski definition) is 1. The summed E-state index contributed by atoms with van der Waals surface area (Å²) in [5, 5.41) is 3.65. The summed E-state index contributed by atoms with van der Waals surface area (Å²) in [6.45, 7) is 1.55. The molecule has 0 atom stereocenters. The number of benzene rings is 3. The number of amidine groups is 1. The molecule has 0 saturated carbocycles. The van der Waals surface area contributed by atoms with E-state index in [-0.39, 0.29) is 5.91 Å². The van der Waals surface area contributed by atoms with Gasteiger partial charge >= 0.3 is 0 Å². The van der Waals surface area contributed by atoms with Crippen LogP contribution < -0.4 is 15.1 Å². The summed E-state index contributed by atoms with van der Waals surface area (Å²) in [5.74, 6) is -0.109. The first-order valence-electron chi connectivity index (χ1n) is 12.6. The van der Waals surface area contributed by atoms with Crippen LogP contribution in [0.3, 0.4) is 0 Å². The number of amides is 1. The van der Waals surface area contributed by atoms with Crippen molar-refractivity contribution in [2.45, 2.75) is 37.4 Å². The Hall–Kier alpha value is -3.25. The Bertz CT molecular complexity index is 1260. The third kappa shape index (κ3) is 4.28. The van der Waals surface area contributed by atoms with Gasteiger partial charge in [-0.2, -0.15) is 0 Å². The Kier molecular flexibility index (Phi) is 6.56. The van der Waals surface area contributed by atoms with Crippen molar-refractivity contribution in [2.24, 2.45) is 4.99 Å². The highest BCUT2D eigenvalue weighted by Crippen LogP contribution is 2.56. The van der Waals surface area contributed by atoms with Crippen LogP contribution in [0.1, 0.15) is 47.6 Å². The van der Waals surface area contributed by atoms with E-state index in [1.165, 1.54) is 40.7 Å². The zero-order valence-corrected chi connectivity index (χ0v) is 22.6. The molecule has 0 radical (unpaired) electrons. The molecule has 0 aromatic heterocycles. The molecule has 0 spiro atoms. The molecule has 3 aromatic carbocycles. The van der Waals surface area contributed by atoms with Gasteiger partial charge in [-0.3, -0.25) is 4.79 Å². The van der Waals surface area contributed by atoms with Gasteiger partial charge in [-0.15, -0.1) is 0 Å². The zero-order chi connectivity index (χ0) is 25.4. The lowest BCUT2D eigenvalue weighted by Gasteiger charge is -2.41. The molecule has 0 saturated heterocycles. The summed E-state index contributed by atoms with van der Waals surface area (Å²) in [5.41, 5.74) is 9.76. The highest BCUT2D eigenvalue weighted by molar-refractivity contribution is 8.15. The third-order valence-electron chi connectivity index (χ3n) is 7.20. The first-order chi connectivity index (χ1) is 17.3. The highest BCUT2D eigenvalue weighted by Gasteiger charge is 2.45. The number of carbonyl (C=O) groups excluding carboxylic acids is 1. The second-order valence-corrected chi connectivity index (χ2v) is 11.3. The smallest absolute Gasteiger partial charge is 0.222 e. The minimum Gasteiger partial charge on any atom is -0.378 e. The molecule has 0 unspecified atom stereocenters. The molecule has 0 bridgehead atoms. The number of hydrogen-bond acceptors (Lipinski definition) is 5. The number of aliphatic imine (C=N–C) groups is 1. The van der Waals surface area contributed by atoms with Crippen LogP contribution in [0.4, 0.5) is 17.1 Å². The predicted molar refractivity (Wildman–Crippen MR) is 153 cm³/mol. The maximum absolute atomic E-state index is 12.2. The maximum Gasteiger partial charge on any atom is 0.222 e. The lowest BCUT2D eigenvalue weighted by molar-refractivity contribution is -0.117. The van der Waals surface area contributed by atoms with Crippen molar-refractivity contribution in [1.82, 2.24) is 5.32 Å². The van der Waals surface area contributed by atoms with Crippen molar-refractivity contribution in [3.63, 3.8) is 0 Å².